The van der Waals surface area contributed by atoms with E-state index in [1.54, 1.807) is 6.33 Å². The first-order valence-electron chi connectivity index (χ1n) is 4.43. The van der Waals surface area contributed by atoms with E-state index in [-0.39, 0.29) is 6.42 Å². The predicted octanol–water partition coefficient (Wildman–Crippen LogP) is 1.91. The van der Waals surface area contributed by atoms with Gasteiger partial charge in [0.1, 0.15) is 0 Å². The molecule has 0 unspecified atom stereocenters. The molecule has 0 spiro atoms. The van der Waals surface area contributed by atoms with Gasteiger partial charge in [-0.1, -0.05) is 0 Å². The Bertz CT molecular complexity index is 507. The lowest BCUT2D eigenvalue weighted by Crippen LogP contribution is -2.02. The van der Waals surface area contributed by atoms with Crippen molar-refractivity contribution < 1.29 is 9.90 Å². The molecule has 0 aliphatic rings. The monoisotopic (exact) mass is 222 g/mol. The van der Waals surface area contributed by atoms with Crippen LogP contribution in [0.25, 0.3) is 11.0 Å². The first kappa shape index (κ1) is 10.0. The fourth-order valence-electron chi connectivity index (χ4n) is 1.56. The minimum Gasteiger partial charge on any atom is -0.481 e. The van der Waals surface area contributed by atoms with Crippen LogP contribution in [0.5, 0.6) is 0 Å². The first-order valence-corrected chi connectivity index (χ1v) is 5.65. The highest BCUT2D eigenvalue weighted by Gasteiger charge is 2.12. The minimum absolute atomic E-state index is 0.0123. The van der Waals surface area contributed by atoms with Crippen LogP contribution in [0.4, 0.5) is 0 Å². The number of aromatic nitrogens is 2. The highest BCUT2D eigenvalue weighted by molar-refractivity contribution is 7.98. The molecule has 2 N–H and O–H groups in total. The van der Waals surface area contributed by atoms with Crippen molar-refractivity contribution in [1.29, 1.82) is 0 Å². The lowest BCUT2D eigenvalue weighted by molar-refractivity contribution is -0.136. The second kappa shape index (κ2) is 3.94. The molecule has 0 fully saturated rings. The zero-order valence-corrected chi connectivity index (χ0v) is 8.97. The van der Waals surface area contributed by atoms with Gasteiger partial charge in [0, 0.05) is 10.5 Å². The van der Waals surface area contributed by atoms with E-state index in [4.69, 9.17) is 5.11 Å². The Morgan fingerprint density at radius 3 is 3.07 bits per heavy atom. The lowest BCUT2D eigenvalue weighted by atomic mass is 10.1. The molecule has 0 radical (unpaired) electrons. The van der Waals surface area contributed by atoms with Crippen LogP contribution in [-0.4, -0.2) is 27.3 Å². The summed E-state index contributed by atoms with van der Waals surface area (Å²) >= 11 is 1.54. The van der Waals surface area contributed by atoms with E-state index in [0.717, 1.165) is 21.5 Å². The molecule has 2 rings (SSSR count). The topological polar surface area (TPSA) is 66.0 Å². The van der Waals surface area contributed by atoms with E-state index in [0.29, 0.717) is 0 Å². The van der Waals surface area contributed by atoms with Crippen LogP contribution in [0.1, 0.15) is 5.56 Å². The number of carboxylic acid groups (broad SMARTS) is 1. The number of imidazole rings is 1. The molecule has 5 heteroatoms. The van der Waals surface area contributed by atoms with Crippen LogP contribution in [0.2, 0.25) is 0 Å². The second-order valence-electron chi connectivity index (χ2n) is 3.12. The number of carbonyl (C=O) groups is 1. The fraction of sp³-hybridized carbons (Fsp3) is 0.200. The van der Waals surface area contributed by atoms with Crippen molar-refractivity contribution in [3.05, 3.63) is 24.0 Å². The van der Waals surface area contributed by atoms with Crippen molar-refractivity contribution in [2.45, 2.75) is 11.3 Å². The summed E-state index contributed by atoms with van der Waals surface area (Å²) in [5, 5.41) is 8.84. The Balaban J connectivity index is 2.62. The largest absolute Gasteiger partial charge is 0.481 e. The second-order valence-corrected chi connectivity index (χ2v) is 3.96. The van der Waals surface area contributed by atoms with Gasteiger partial charge in [0.15, 0.2) is 0 Å². The molecule has 0 saturated carbocycles. The summed E-state index contributed by atoms with van der Waals surface area (Å²) in [5.74, 6) is -0.833. The van der Waals surface area contributed by atoms with Gasteiger partial charge in [-0.25, -0.2) is 4.98 Å². The number of hydrogen-bond acceptors (Lipinski definition) is 3. The third-order valence-electron chi connectivity index (χ3n) is 2.20. The zero-order chi connectivity index (χ0) is 10.8. The van der Waals surface area contributed by atoms with Gasteiger partial charge in [-0.3, -0.25) is 4.79 Å². The van der Waals surface area contributed by atoms with Crippen LogP contribution >= 0.6 is 11.8 Å². The van der Waals surface area contributed by atoms with Crippen molar-refractivity contribution in [3.8, 4) is 0 Å². The van der Waals surface area contributed by atoms with E-state index in [1.165, 1.54) is 11.8 Å². The van der Waals surface area contributed by atoms with E-state index >= 15 is 0 Å². The number of nitrogens with zero attached hydrogens (tertiary/aromatic N) is 1. The summed E-state index contributed by atoms with van der Waals surface area (Å²) in [7, 11) is 0. The Kier molecular flexibility index (Phi) is 2.64. The average molecular weight is 222 g/mol. The van der Waals surface area contributed by atoms with Crippen LogP contribution in [0, 0.1) is 0 Å². The molecular weight excluding hydrogens is 212 g/mol. The molecule has 1 heterocycles. The van der Waals surface area contributed by atoms with Gasteiger partial charge in [-0.15, -0.1) is 11.8 Å². The summed E-state index contributed by atoms with van der Waals surface area (Å²) in [6, 6.07) is 3.84. The summed E-state index contributed by atoms with van der Waals surface area (Å²) < 4.78 is 0. The van der Waals surface area contributed by atoms with Crippen molar-refractivity contribution in [1.82, 2.24) is 9.97 Å². The van der Waals surface area contributed by atoms with Gasteiger partial charge in [-0.05, 0) is 18.4 Å². The number of carboxylic acids is 1. The third kappa shape index (κ3) is 1.83. The lowest BCUT2D eigenvalue weighted by Gasteiger charge is -2.05. The number of rotatable bonds is 3. The maximum Gasteiger partial charge on any atom is 0.307 e. The van der Waals surface area contributed by atoms with Crippen LogP contribution < -0.4 is 0 Å². The molecule has 0 bridgehead atoms. The number of benzene rings is 1. The third-order valence-corrected chi connectivity index (χ3v) is 3.02. The Morgan fingerprint density at radius 2 is 2.40 bits per heavy atom. The average Bonchev–Trinajstić information content (AvgIpc) is 2.65. The molecule has 0 atom stereocenters. The first-order chi connectivity index (χ1) is 7.22. The maximum atomic E-state index is 10.8. The maximum absolute atomic E-state index is 10.8. The summed E-state index contributed by atoms with van der Waals surface area (Å²) in [5.41, 5.74) is 2.42. The molecule has 2 aromatic rings. The molecule has 4 nitrogen and oxygen atoms in total. The number of nitrogens with one attached hydrogen (secondary N) is 1. The molecule has 0 amide bonds. The quantitative estimate of drug-likeness (QED) is 0.778. The summed E-state index contributed by atoms with van der Waals surface area (Å²) in [6.45, 7) is 0. The van der Waals surface area contributed by atoms with E-state index < -0.39 is 5.97 Å². The van der Waals surface area contributed by atoms with Crippen molar-refractivity contribution in [3.63, 3.8) is 0 Å². The molecule has 0 aliphatic heterocycles. The number of fused-ring (bicyclic) bond motifs is 1. The Labute approximate surface area is 90.7 Å². The standard InChI is InChI=1S/C10H10N2O2S/c1-15-8-3-2-7-10(12-5-11-7)6(8)4-9(13)14/h2-3,5H,4H2,1H3,(H,11,12)(H,13,14). The summed E-state index contributed by atoms with van der Waals surface area (Å²) in [4.78, 5) is 18.8. The van der Waals surface area contributed by atoms with Gasteiger partial charge < -0.3 is 10.1 Å². The Morgan fingerprint density at radius 1 is 1.60 bits per heavy atom. The van der Waals surface area contributed by atoms with Gasteiger partial charge in [0.25, 0.3) is 0 Å². The highest BCUT2D eigenvalue weighted by Crippen LogP contribution is 2.26. The van der Waals surface area contributed by atoms with Gasteiger partial charge in [0.05, 0.1) is 23.8 Å². The van der Waals surface area contributed by atoms with E-state index in [2.05, 4.69) is 9.97 Å². The molecule has 15 heavy (non-hydrogen) atoms. The number of thioether (sulfide) groups is 1. The Hall–Kier alpha value is -1.49. The number of aliphatic carboxylic acids is 1. The molecule has 78 valence electrons. The summed E-state index contributed by atoms with van der Waals surface area (Å²) in [6.07, 6.45) is 3.53. The van der Waals surface area contributed by atoms with E-state index in [9.17, 15) is 4.79 Å². The van der Waals surface area contributed by atoms with Crippen LogP contribution in [0.15, 0.2) is 23.4 Å². The molecular formula is C10H10N2O2S. The molecule has 1 aromatic heterocycles. The SMILES string of the molecule is CSc1ccc2[nH]cnc2c1CC(=O)O. The normalized spacial score (nSPS) is 10.7. The number of hydrogen-bond donors (Lipinski definition) is 2. The predicted molar refractivity (Wildman–Crippen MR) is 59.2 cm³/mol. The van der Waals surface area contributed by atoms with Gasteiger partial charge in [-0.2, -0.15) is 0 Å². The van der Waals surface area contributed by atoms with Crippen LogP contribution in [0.3, 0.4) is 0 Å². The highest BCUT2D eigenvalue weighted by atomic mass is 32.2. The van der Waals surface area contributed by atoms with E-state index in [1.807, 2.05) is 18.4 Å². The molecule has 0 saturated heterocycles. The van der Waals surface area contributed by atoms with Crippen molar-refractivity contribution in [2.24, 2.45) is 0 Å². The van der Waals surface area contributed by atoms with Crippen molar-refractivity contribution >= 4 is 28.8 Å². The van der Waals surface area contributed by atoms with Gasteiger partial charge in [0.2, 0.25) is 0 Å². The number of H-pyrrole nitrogens is 1. The minimum atomic E-state index is -0.833. The fourth-order valence-corrected chi connectivity index (χ4v) is 2.18. The van der Waals surface area contributed by atoms with Crippen molar-refractivity contribution in [2.75, 3.05) is 6.26 Å². The number of aromatic amines is 1. The molecule has 0 aliphatic carbocycles. The molecule has 1 aromatic carbocycles. The zero-order valence-electron chi connectivity index (χ0n) is 8.15. The van der Waals surface area contributed by atoms with Gasteiger partial charge >= 0.3 is 5.97 Å². The smallest absolute Gasteiger partial charge is 0.307 e. The van der Waals surface area contributed by atoms with Crippen LogP contribution in [-0.2, 0) is 11.2 Å².